The van der Waals surface area contributed by atoms with Gasteiger partial charge in [-0.05, 0) is 49.2 Å². The van der Waals surface area contributed by atoms with E-state index in [1.54, 1.807) is 17.4 Å². The number of hydrogen-bond acceptors (Lipinski definition) is 3. The van der Waals surface area contributed by atoms with Crippen molar-refractivity contribution in [2.24, 2.45) is 0 Å². The summed E-state index contributed by atoms with van der Waals surface area (Å²) in [4.78, 5) is 2.56. The predicted octanol–water partition coefficient (Wildman–Crippen LogP) is 3.20. The minimum absolute atomic E-state index is 0.718. The maximum Gasteiger partial charge on any atom is 0.0376 e. The van der Waals surface area contributed by atoms with Crippen LogP contribution in [0.3, 0.4) is 0 Å². The molecule has 3 heteroatoms. The Hall–Kier alpha value is -1.48. The van der Waals surface area contributed by atoms with E-state index in [1.807, 2.05) is 12.1 Å². The second-order valence-electron chi connectivity index (χ2n) is 3.76. The molecule has 1 heterocycles. The molecule has 0 spiro atoms. The first kappa shape index (κ1) is 10.1. The number of thiophene rings is 1. The number of rotatable bonds is 1. The van der Waals surface area contributed by atoms with E-state index in [0.29, 0.717) is 0 Å². The summed E-state index contributed by atoms with van der Waals surface area (Å²) in [6.07, 6.45) is 0. The highest BCUT2D eigenvalue weighted by Gasteiger charge is 2.06. The average Bonchev–Trinajstić information content (AvgIpc) is 2.43. The van der Waals surface area contributed by atoms with Crippen LogP contribution in [0, 0.1) is 13.8 Å². The van der Waals surface area contributed by atoms with Gasteiger partial charge in [0.1, 0.15) is 0 Å². The van der Waals surface area contributed by atoms with Gasteiger partial charge in [-0.25, -0.2) is 0 Å². The molecule has 0 radical (unpaired) electrons. The minimum Gasteiger partial charge on any atom is -0.399 e. The van der Waals surface area contributed by atoms with E-state index in [0.717, 1.165) is 16.9 Å². The topological polar surface area (TPSA) is 52.0 Å². The lowest BCUT2D eigenvalue weighted by Crippen LogP contribution is -1.90. The monoisotopic (exact) mass is 218 g/mol. The molecule has 0 fully saturated rings. The van der Waals surface area contributed by atoms with Gasteiger partial charge in [-0.3, -0.25) is 0 Å². The molecule has 15 heavy (non-hydrogen) atoms. The van der Waals surface area contributed by atoms with Crippen LogP contribution in [0.4, 0.5) is 11.4 Å². The molecule has 0 aliphatic carbocycles. The van der Waals surface area contributed by atoms with Crippen LogP contribution >= 0.6 is 11.3 Å². The van der Waals surface area contributed by atoms with Crippen molar-refractivity contribution in [3.05, 3.63) is 34.7 Å². The van der Waals surface area contributed by atoms with E-state index >= 15 is 0 Å². The number of aryl methyl sites for hydroxylation is 2. The van der Waals surface area contributed by atoms with Crippen LogP contribution in [0.2, 0.25) is 0 Å². The number of anilines is 2. The normalized spacial score (nSPS) is 10.5. The molecular weight excluding hydrogens is 204 g/mol. The largest absolute Gasteiger partial charge is 0.399 e. The Morgan fingerprint density at radius 2 is 1.53 bits per heavy atom. The zero-order valence-electron chi connectivity index (χ0n) is 8.87. The molecule has 0 unspecified atom stereocenters. The van der Waals surface area contributed by atoms with Crippen molar-refractivity contribution in [1.29, 1.82) is 0 Å². The highest BCUT2D eigenvalue weighted by molar-refractivity contribution is 7.15. The van der Waals surface area contributed by atoms with Crippen LogP contribution in [-0.4, -0.2) is 0 Å². The number of benzene rings is 1. The first-order valence-electron chi connectivity index (χ1n) is 4.79. The molecular formula is C12H14N2S. The lowest BCUT2D eigenvalue weighted by Gasteiger charge is -2.03. The van der Waals surface area contributed by atoms with Crippen molar-refractivity contribution in [2.75, 3.05) is 11.5 Å². The molecule has 1 aromatic heterocycles. The maximum atomic E-state index is 5.78. The fraction of sp³-hybridized carbons (Fsp3) is 0.167. The van der Waals surface area contributed by atoms with E-state index in [1.165, 1.54) is 15.3 Å². The first-order valence-corrected chi connectivity index (χ1v) is 5.61. The quantitative estimate of drug-likeness (QED) is 0.722. The highest BCUT2D eigenvalue weighted by atomic mass is 32.1. The van der Waals surface area contributed by atoms with Crippen LogP contribution < -0.4 is 11.5 Å². The fourth-order valence-corrected chi connectivity index (χ4v) is 2.75. The Kier molecular flexibility index (Phi) is 2.40. The van der Waals surface area contributed by atoms with Crippen LogP contribution in [0.15, 0.2) is 24.3 Å². The number of hydrogen-bond donors (Lipinski definition) is 2. The molecule has 0 saturated heterocycles. The summed E-state index contributed by atoms with van der Waals surface area (Å²) in [5.41, 5.74) is 15.4. The third-order valence-corrected chi connectivity index (χ3v) is 3.48. The standard InChI is InChI=1S/C12H14N2S/c1-7-3-8(2)15-12(7)9-4-10(13)6-11(14)5-9/h3-6H,13-14H2,1-2H3. The van der Waals surface area contributed by atoms with Gasteiger partial charge in [-0.2, -0.15) is 0 Å². The predicted molar refractivity (Wildman–Crippen MR) is 68.1 cm³/mol. The van der Waals surface area contributed by atoms with Gasteiger partial charge < -0.3 is 11.5 Å². The summed E-state index contributed by atoms with van der Waals surface area (Å²) in [6.45, 7) is 4.22. The third kappa shape index (κ3) is 1.97. The van der Waals surface area contributed by atoms with Crippen LogP contribution in [-0.2, 0) is 0 Å². The molecule has 2 nitrogen and oxygen atoms in total. The van der Waals surface area contributed by atoms with E-state index in [9.17, 15) is 0 Å². The van der Waals surface area contributed by atoms with Crippen LogP contribution in [0.1, 0.15) is 10.4 Å². The highest BCUT2D eigenvalue weighted by Crippen LogP contribution is 2.33. The number of nitrogens with two attached hydrogens (primary N) is 2. The molecule has 0 amide bonds. The minimum atomic E-state index is 0.718. The molecule has 1 aromatic carbocycles. The van der Waals surface area contributed by atoms with E-state index < -0.39 is 0 Å². The zero-order chi connectivity index (χ0) is 11.0. The van der Waals surface area contributed by atoms with E-state index in [-0.39, 0.29) is 0 Å². The second kappa shape index (κ2) is 3.59. The van der Waals surface area contributed by atoms with Gasteiger partial charge in [0.2, 0.25) is 0 Å². The van der Waals surface area contributed by atoms with Crippen molar-refractivity contribution in [2.45, 2.75) is 13.8 Å². The molecule has 2 aromatic rings. The van der Waals surface area contributed by atoms with Gasteiger partial charge in [0.25, 0.3) is 0 Å². The fourth-order valence-electron chi connectivity index (χ4n) is 1.74. The summed E-state index contributed by atoms with van der Waals surface area (Å²) in [5.74, 6) is 0. The molecule has 2 rings (SSSR count). The summed E-state index contributed by atoms with van der Waals surface area (Å²) in [6, 6.07) is 7.89. The van der Waals surface area contributed by atoms with Gasteiger partial charge in [0, 0.05) is 21.1 Å². The Balaban J connectivity index is 2.58. The van der Waals surface area contributed by atoms with Gasteiger partial charge >= 0.3 is 0 Å². The van der Waals surface area contributed by atoms with Crippen molar-refractivity contribution in [3.8, 4) is 10.4 Å². The molecule has 0 saturated carbocycles. The summed E-state index contributed by atoms with van der Waals surface area (Å²) in [7, 11) is 0. The average molecular weight is 218 g/mol. The summed E-state index contributed by atoms with van der Waals surface area (Å²) >= 11 is 1.77. The lowest BCUT2D eigenvalue weighted by molar-refractivity contribution is 1.50. The number of nitrogen functional groups attached to an aromatic ring is 2. The van der Waals surface area contributed by atoms with Crippen molar-refractivity contribution < 1.29 is 0 Å². The van der Waals surface area contributed by atoms with Crippen molar-refractivity contribution >= 4 is 22.7 Å². The molecule has 0 aliphatic heterocycles. The summed E-state index contributed by atoms with van der Waals surface area (Å²) in [5, 5.41) is 0. The molecule has 0 aliphatic rings. The Bertz CT molecular complexity index is 480. The second-order valence-corrected chi connectivity index (χ2v) is 5.01. The van der Waals surface area contributed by atoms with E-state index in [2.05, 4.69) is 19.9 Å². The van der Waals surface area contributed by atoms with Crippen LogP contribution in [0.25, 0.3) is 10.4 Å². The molecule has 0 bridgehead atoms. The van der Waals surface area contributed by atoms with E-state index in [4.69, 9.17) is 11.5 Å². The molecule has 0 atom stereocenters. The molecule has 4 N–H and O–H groups in total. The van der Waals surface area contributed by atoms with Gasteiger partial charge in [0.15, 0.2) is 0 Å². The Morgan fingerprint density at radius 1 is 0.933 bits per heavy atom. The SMILES string of the molecule is Cc1cc(C)c(-c2cc(N)cc(N)c2)s1. The Labute approximate surface area is 93.5 Å². The van der Waals surface area contributed by atoms with Gasteiger partial charge in [-0.15, -0.1) is 11.3 Å². The van der Waals surface area contributed by atoms with Crippen molar-refractivity contribution in [3.63, 3.8) is 0 Å². The van der Waals surface area contributed by atoms with Gasteiger partial charge in [0.05, 0.1) is 0 Å². The summed E-state index contributed by atoms with van der Waals surface area (Å²) < 4.78 is 0. The first-order chi connectivity index (χ1) is 7.06. The zero-order valence-corrected chi connectivity index (χ0v) is 9.69. The lowest BCUT2D eigenvalue weighted by atomic mass is 10.1. The maximum absolute atomic E-state index is 5.78. The van der Waals surface area contributed by atoms with Crippen molar-refractivity contribution in [1.82, 2.24) is 0 Å². The third-order valence-electron chi connectivity index (χ3n) is 2.28. The Morgan fingerprint density at radius 3 is 2.00 bits per heavy atom. The van der Waals surface area contributed by atoms with Crippen LogP contribution in [0.5, 0.6) is 0 Å². The smallest absolute Gasteiger partial charge is 0.0376 e. The molecule has 78 valence electrons. The van der Waals surface area contributed by atoms with Gasteiger partial charge in [-0.1, -0.05) is 0 Å².